The zero-order valence-electron chi connectivity index (χ0n) is 10.2. The van der Waals surface area contributed by atoms with Gasteiger partial charge in [-0.2, -0.15) is 0 Å². The minimum Gasteiger partial charge on any atom is -0.361 e. The molecule has 2 rings (SSSR count). The maximum Gasteiger partial charge on any atom is 0.183 e. The van der Waals surface area contributed by atoms with E-state index in [1.807, 2.05) is 0 Å². The Morgan fingerprint density at radius 2 is 2.11 bits per heavy atom. The fraction of sp³-hybridized carbons (Fsp3) is 0.308. The lowest BCUT2D eigenvalue weighted by atomic mass is 10.1. The Morgan fingerprint density at radius 3 is 2.83 bits per heavy atom. The first-order valence-electron chi connectivity index (χ1n) is 5.71. The second-order valence-electron chi connectivity index (χ2n) is 4.41. The van der Waals surface area contributed by atoms with Crippen LogP contribution < -0.4 is 5.32 Å². The number of halogens is 2. The van der Waals surface area contributed by atoms with Crippen molar-refractivity contribution < 1.29 is 8.78 Å². The number of anilines is 1. The van der Waals surface area contributed by atoms with Crippen LogP contribution in [0.4, 0.5) is 13.9 Å². The highest BCUT2D eigenvalue weighted by molar-refractivity contribution is 7.14. The molecule has 0 unspecified atom stereocenters. The number of rotatable bonds is 4. The van der Waals surface area contributed by atoms with E-state index in [0.29, 0.717) is 11.6 Å². The van der Waals surface area contributed by atoms with Gasteiger partial charge >= 0.3 is 0 Å². The highest BCUT2D eigenvalue weighted by Gasteiger charge is 2.12. The highest BCUT2D eigenvalue weighted by atomic mass is 32.1. The van der Waals surface area contributed by atoms with Crippen LogP contribution in [0.1, 0.15) is 13.8 Å². The third-order valence-corrected chi connectivity index (χ3v) is 3.19. The van der Waals surface area contributed by atoms with Crippen LogP contribution in [0.3, 0.4) is 0 Å². The summed E-state index contributed by atoms with van der Waals surface area (Å²) < 4.78 is 26.7. The van der Waals surface area contributed by atoms with Gasteiger partial charge in [-0.25, -0.2) is 13.8 Å². The summed E-state index contributed by atoms with van der Waals surface area (Å²) in [6, 6.07) is 4.11. The van der Waals surface area contributed by atoms with E-state index in [9.17, 15) is 8.78 Å². The van der Waals surface area contributed by atoms with Gasteiger partial charge in [-0.05, 0) is 18.1 Å². The van der Waals surface area contributed by atoms with Gasteiger partial charge < -0.3 is 5.32 Å². The SMILES string of the molecule is CC(C)CNc1nc(-c2cccc(F)c2F)cs1. The Morgan fingerprint density at radius 1 is 1.33 bits per heavy atom. The van der Waals surface area contributed by atoms with Crippen LogP contribution in [0.15, 0.2) is 23.6 Å². The lowest BCUT2D eigenvalue weighted by molar-refractivity contribution is 0.511. The van der Waals surface area contributed by atoms with Gasteiger partial charge in [-0.15, -0.1) is 11.3 Å². The molecule has 0 radical (unpaired) electrons. The molecule has 1 aromatic heterocycles. The molecule has 1 N–H and O–H groups in total. The number of benzene rings is 1. The second-order valence-corrected chi connectivity index (χ2v) is 5.27. The number of hydrogen-bond donors (Lipinski definition) is 1. The smallest absolute Gasteiger partial charge is 0.183 e. The van der Waals surface area contributed by atoms with Crippen LogP contribution >= 0.6 is 11.3 Å². The van der Waals surface area contributed by atoms with E-state index in [-0.39, 0.29) is 5.56 Å². The molecule has 0 aliphatic rings. The maximum absolute atomic E-state index is 13.6. The van der Waals surface area contributed by atoms with Crippen molar-refractivity contribution in [2.45, 2.75) is 13.8 Å². The molecule has 96 valence electrons. The zero-order chi connectivity index (χ0) is 13.1. The summed E-state index contributed by atoms with van der Waals surface area (Å²) in [5.74, 6) is -1.20. The Hall–Kier alpha value is -1.49. The highest BCUT2D eigenvalue weighted by Crippen LogP contribution is 2.27. The molecule has 0 amide bonds. The van der Waals surface area contributed by atoms with Crippen molar-refractivity contribution in [3.63, 3.8) is 0 Å². The molecule has 5 heteroatoms. The van der Waals surface area contributed by atoms with E-state index in [4.69, 9.17) is 0 Å². The summed E-state index contributed by atoms with van der Waals surface area (Å²) in [6.07, 6.45) is 0. The molecule has 0 saturated heterocycles. The lowest BCUT2D eigenvalue weighted by Gasteiger charge is -2.04. The van der Waals surface area contributed by atoms with E-state index in [1.54, 1.807) is 5.38 Å². The largest absolute Gasteiger partial charge is 0.361 e. The first-order chi connectivity index (χ1) is 8.58. The van der Waals surface area contributed by atoms with Crippen molar-refractivity contribution in [1.29, 1.82) is 0 Å². The molecule has 0 aliphatic heterocycles. The van der Waals surface area contributed by atoms with Gasteiger partial charge in [0.15, 0.2) is 16.8 Å². The summed E-state index contributed by atoms with van der Waals surface area (Å²) in [5, 5.41) is 5.61. The molecule has 18 heavy (non-hydrogen) atoms. The average Bonchev–Trinajstić information content (AvgIpc) is 2.78. The quantitative estimate of drug-likeness (QED) is 0.900. The molecule has 1 heterocycles. The van der Waals surface area contributed by atoms with E-state index < -0.39 is 11.6 Å². The molecule has 0 atom stereocenters. The van der Waals surface area contributed by atoms with Crippen LogP contribution in [0.5, 0.6) is 0 Å². The molecule has 0 fully saturated rings. The van der Waals surface area contributed by atoms with E-state index >= 15 is 0 Å². The fourth-order valence-electron chi connectivity index (χ4n) is 1.47. The molecule has 2 aromatic rings. The van der Waals surface area contributed by atoms with Crippen LogP contribution in [0, 0.1) is 17.6 Å². The third kappa shape index (κ3) is 2.85. The molecule has 2 nitrogen and oxygen atoms in total. The van der Waals surface area contributed by atoms with Gasteiger partial charge in [0.05, 0.1) is 5.69 Å². The normalized spacial score (nSPS) is 10.9. The van der Waals surface area contributed by atoms with Crippen LogP contribution in [0.2, 0.25) is 0 Å². The van der Waals surface area contributed by atoms with Crippen LogP contribution in [-0.4, -0.2) is 11.5 Å². The van der Waals surface area contributed by atoms with Gasteiger partial charge in [0.25, 0.3) is 0 Å². The molecular weight excluding hydrogens is 254 g/mol. The minimum atomic E-state index is -0.850. The lowest BCUT2D eigenvalue weighted by Crippen LogP contribution is -2.07. The van der Waals surface area contributed by atoms with Crippen LogP contribution in [0.25, 0.3) is 11.3 Å². The molecule has 1 aromatic carbocycles. The standard InChI is InChI=1S/C13H14F2N2S/c1-8(2)6-16-13-17-11(7-18-13)9-4-3-5-10(14)12(9)15/h3-5,7-8H,6H2,1-2H3,(H,16,17). The maximum atomic E-state index is 13.6. The molecule has 0 aliphatic carbocycles. The van der Waals surface area contributed by atoms with E-state index in [2.05, 4.69) is 24.1 Å². The summed E-state index contributed by atoms with van der Waals surface area (Å²) in [4.78, 5) is 4.26. The van der Waals surface area contributed by atoms with E-state index in [0.717, 1.165) is 17.7 Å². The first kappa shape index (κ1) is 13.0. The number of aromatic nitrogens is 1. The zero-order valence-corrected chi connectivity index (χ0v) is 11.0. The van der Waals surface area contributed by atoms with Gasteiger partial charge in [-0.3, -0.25) is 0 Å². The van der Waals surface area contributed by atoms with Crippen molar-refractivity contribution in [2.24, 2.45) is 5.92 Å². The van der Waals surface area contributed by atoms with Crippen molar-refractivity contribution in [3.05, 3.63) is 35.2 Å². The molecule has 0 saturated carbocycles. The molecule has 0 spiro atoms. The molecular formula is C13H14F2N2S. The Labute approximate surface area is 109 Å². The summed E-state index contributed by atoms with van der Waals surface area (Å²) in [6.45, 7) is 4.99. The van der Waals surface area contributed by atoms with Crippen molar-refractivity contribution in [1.82, 2.24) is 4.98 Å². The van der Waals surface area contributed by atoms with Crippen molar-refractivity contribution >= 4 is 16.5 Å². The van der Waals surface area contributed by atoms with Crippen molar-refractivity contribution in [3.8, 4) is 11.3 Å². The number of thiazole rings is 1. The van der Waals surface area contributed by atoms with Gasteiger partial charge in [0, 0.05) is 17.5 Å². The molecule has 0 bridgehead atoms. The first-order valence-corrected chi connectivity index (χ1v) is 6.59. The Bertz CT molecular complexity index is 538. The predicted molar refractivity (Wildman–Crippen MR) is 70.8 cm³/mol. The predicted octanol–water partition coefficient (Wildman–Crippen LogP) is 4.16. The summed E-state index contributed by atoms with van der Waals surface area (Å²) >= 11 is 1.39. The Kier molecular flexibility index (Phi) is 3.91. The summed E-state index contributed by atoms with van der Waals surface area (Å²) in [7, 11) is 0. The topological polar surface area (TPSA) is 24.9 Å². The van der Waals surface area contributed by atoms with Crippen LogP contribution in [-0.2, 0) is 0 Å². The van der Waals surface area contributed by atoms with Gasteiger partial charge in [0.2, 0.25) is 0 Å². The fourth-order valence-corrected chi connectivity index (χ4v) is 2.19. The van der Waals surface area contributed by atoms with Crippen molar-refractivity contribution in [2.75, 3.05) is 11.9 Å². The average molecular weight is 268 g/mol. The number of nitrogens with one attached hydrogen (secondary N) is 1. The third-order valence-electron chi connectivity index (χ3n) is 2.39. The second kappa shape index (κ2) is 5.44. The van der Waals surface area contributed by atoms with Gasteiger partial charge in [0.1, 0.15) is 0 Å². The monoisotopic (exact) mass is 268 g/mol. The minimum absolute atomic E-state index is 0.198. The van der Waals surface area contributed by atoms with E-state index in [1.165, 1.54) is 23.5 Å². The summed E-state index contributed by atoms with van der Waals surface area (Å²) in [5.41, 5.74) is 0.659. The Balaban J connectivity index is 2.21. The number of nitrogens with zero attached hydrogens (tertiary/aromatic N) is 1. The number of hydrogen-bond acceptors (Lipinski definition) is 3. The van der Waals surface area contributed by atoms with Gasteiger partial charge in [-0.1, -0.05) is 19.9 Å².